The monoisotopic (exact) mass is 1340 g/mol. The van der Waals surface area contributed by atoms with Crippen molar-refractivity contribution in [3.05, 3.63) is 24.3 Å². The average molecular weight is 1340 g/mol. The fourth-order valence-electron chi connectivity index (χ4n) is 13.3. The van der Waals surface area contributed by atoms with Crippen LogP contribution in [0.1, 0.15) is 316 Å². The molecule has 0 aliphatic carbocycles. The van der Waals surface area contributed by atoms with E-state index in [4.69, 9.17) is 28.4 Å². The first-order valence-corrected chi connectivity index (χ1v) is 38.6. The number of amides is 1. The van der Waals surface area contributed by atoms with E-state index in [1.54, 1.807) is 6.08 Å². The number of hydrogen-bond donors (Lipinski definition) is 12. The lowest BCUT2D eigenvalue weighted by Gasteiger charge is -2.48. The highest BCUT2D eigenvalue weighted by atomic mass is 16.8. The minimum Gasteiger partial charge on any atom is -0.394 e. The lowest BCUT2D eigenvalue weighted by Crippen LogP contribution is -2.66. The number of ether oxygens (including phenoxy) is 6. The van der Waals surface area contributed by atoms with Crippen LogP contribution < -0.4 is 5.32 Å². The highest BCUT2D eigenvalue weighted by molar-refractivity contribution is 5.76. The van der Waals surface area contributed by atoms with E-state index < -0.39 is 124 Å². The van der Waals surface area contributed by atoms with E-state index in [-0.39, 0.29) is 18.9 Å². The smallest absolute Gasteiger partial charge is 0.220 e. The molecular formula is C75H141NO18. The quantitative estimate of drug-likeness (QED) is 0.0199. The van der Waals surface area contributed by atoms with Gasteiger partial charge in [0, 0.05) is 6.42 Å². The first-order valence-electron chi connectivity index (χ1n) is 38.6. The van der Waals surface area contributed by atoms with Crippen molar-refractivity contribution in [2.75, 3.05) is 26.4 Å². The second-order valence-electron chi connectivity index (χ2n) is 27.8. The Morgan fingerprint density at radius 2 is 0.681 bits per heavy atom. The summed E-state index contributed by atoms with van der Waals surface area (Å²) in [6.07, 6.45) is 40.2. The molecule has 19 nitrogen and oxygen atoms in total. The molecule has 0 saturated carbocycles. The molecule has 19 heteroatoms. The van der Waals surface area contributed by atoms with Gasteiger partial charge in [-0.05, 0) is 32.1 Å². The maximum Gasteiger partial charge on any atom is 0.220 e. The number of aliphatic hydroxyl groups excluding tert-OH is 11. The van der Waals surface area contributed by atoms with Crippen LogP contribution in [-0.2, 0) is 33.2 Å². The summed E-state index contributed by atoms with van der Waals surface area (Å²) < 4.78 is 34.4. The standard InChI is InChI=1S/C75H141NO18/c1-3-5-7-9-11-13-15-17-19-21-23-25-27-29-30-32-34-36-38-40-42-44-46-48-50-52-59(80)58(76-63(81)53-51-49-47-45-43-41-39-37-35-33-31-28-26-24-22-20-18-16-14-12-10-8-6-4-2)57-89-73-69(87)66(84)71(61(55-78)91-73)94-75-70(88)67(85)72(62(56-79)92-75)93-74-68(86)65(83)64(82)60(54-77)90-74/h42,44,50,52,58-62,64-75,77-80,82-88H,3-41,43,45-49,51,53-57H2,1-2H3,(H,76,81)/b44-42+,52-50+. The summed E-state index contributed by atoms with van der Waals surface area (Å²) in [6, 6.07) is -0.988. The number of carbonyl (C=O) groups excluding carboxylic acids is 1. The van der Waals surface area contributed by atoms with Crippen LogP contribution in [0.25, 0.3) is 0 Å². The Labute approximate surface area is 568 Å². The van der Waals surface area contributed by atoms with E-state index >= 15 is 0 Å². The topological polar surface area (TPSA) is 307 Å². The van der Waals surface area contributed by atoms with Crippen LogP contribution >= 0.6 is 0 Å². The third-order valence-corrected chi connectivity index (χ3v) is 19.5. The van der Waals surface area contributed by atoms with Gasteiger partial charge >= 0.3 is 0 Å². The van der Waals surface area contributed by atoms with Crippen LogP contribution in [0, 0.1) is 0 Å². The van der Waals surface area contributed by atoms with E-state index in [0.29, 0.717) is 12.8 Å². The highest BCUT2D eigenvalue weighted by Crippen LogP contribution is 2.33. The lowest BCUT2D eigenvalue weighted by molar-refractivity contribution is -0.379. The zero-order valence-electron chi connectivity index (χ0n) is 59.0. The summed E-state index contributed by atoms with van der Waals surface area (Å²) in [6.45, 7) is 1.77. The van der Waals surface area contributed by atoms with Gasteiger partial charge < -0.3 is 89.9 Å². The molecule has 3 saturated heterocycles. The minimum atomic E-state index is -1.98. The average Bonchev–Trinajstić information content (AvgIpc) is 0.787. The molecule has 3 aliphatic heterocycles. The van der Waals surface area contributed by atoms with Gasteiger partial charge in [-0.1, -0.05) is 301 Å². The fraction of sp³-hybridized carbons (Fsp3) is 0.933. The van der Waals surface area contributed by atoms with Crippen molar-refractivity contribution in [2.45, 2.75) is 420 Å². The van der Waals surface area contributed by atoms with Gasteiger partial charge in [0.2, 0.25) is 5.91 Å². The summed E-state index contributed by atoms with van der Waals surface area (Å²) in [5.74, 6) is -0.278. The Morgan fingerprint density at radius 1 is 0.372 bits per heavy atom. The maximum atomic E-state index is 13.4. The summed E-state index contributed by atoms with van der Waals surface area (Å²) in [5.41, 5.74) is 0. The number of unbranched alkanes of at least 4 members (excludes halogenated alkanes) is 43. The van der Waals surface area contributed by atoms with Crippen LogP contribution in [0.3, 0.4) is 0 Å². The van der Waals surface area contributed by atoms with E-state index in [1.807, 2.05) is 6.08 Å². The molecule has 0 aromatic heterocycles. The van der Waals surface area contributed by atoms with E-state index in [0.717, 1.165) is 38.5 Å². The van der Waals surface area contributed by atoms with Crippen molar-refractivity contribution in [3.63, 3.8) is 0 Å². The third-order valence-electron chi connectivity index (χ3n) is 19.5. The number of carbonyl (C=O) groups is 1. The van der Waals surface area contributed by atoms with Gasteiger partial charge in [-0.3, -0.25) is 4.79 Å². The number of rotatable bonds is 61. The maximum absolute atomic E-state index is 13.4. The van der Waals surface area contributed by atoms with Crippen molar-refractivity contribution in [2.24, 2.45) is 0 Å². The number of hydrogen-bond acceptors (Lipinski definition) is 18. The van der Waals surface area contributed by atoms with Gasteiger partial charge in [-0.25, -0.2) is 0 Å². The number of allylic oxidation sites excluding steroid dienone is 3. The molecule has 1 amide bonds. The molecule has 0 bridgehead atoms. The SMILES string of the molecule is CCCCCCCCCCCCCCCCCCCCC/C=C/CC/C=C/C(O)C(COC1OC(CO)C(OC2OC(CO)C(OC3OC(CO)C(O)C(O)C3O)C(O)C2O)C(O)C1O)NC(=O)CCCCCCCCCCCCCCCCCCCCCCCCCC. The third kappa shape index (κ3) is 37.6. The van der Waals surface area contributed by atoms with Crippen molar-refractivity contribution in [1.29, 1.82) is 0 Å². The van der Waals surface area contributed by atoms with Gasteiger partial charge in [0.1, 0.15) is 73.2 Å². The summed E-state index contributed by atoms with van der Waals surface area (Å²) in [7, 11) is 0. The Bertz CT molecular complexity index is 1800. The number of aliphatic hydroxyl groups is 11. The predicted molar refractivity (Wildman–Crippen MR) is 370 cm³/mol. The molecule has 0 radical (unpaired) electrons. The molecule has 0 aromatic carbocycles. The zero-order valence-corrected chi connectivity index (χ0v) is 59.0. The largest absolute Gasteiger partial charge is 0.394 e. The van der Waals surface area contributed by atoms with E-state index in [9.17, 15) is 61.0 Å². The Balaban J connectivity index is 1.41. The molecular weight excluding hydrogens is 1200 g/mol. The predicted octanol–water partition coefficient (Wildman–Crippen LogP) is 11.8. The highest BCUT2D eigenvalue weighted by Gasteiger charge is 2.53. The van der Waals surface area contributed by atoms with Crippen LogP contribution in [0.15, 0.2) is 24.3 Å². The fourth-order valence-corrected chi connectivity index (χ4v) is 13.3. The minimum absolute atomic E-state index is 0.241. The van der Waals surface area contributed by atoms with Crippen molar-refractivity contribution in [1.82, 2.24) is 5.32 Å². The van der Waals surface area contributed by atoms with Gasteiger partial charge in [-0.15, -0.1) is 0 Å². The van der Waals surface area contributed by atoms with Crippen molar-refractivity contribution < 1.29 is 89.4 Å². The van der Waals surface area contributed by atoms with Crippen molar-refractivity contribution in [3.8, 4) is 0 Å². The molecule has 17 unspecified atom stereocenters. The van der Waals surface area contributed by atoms with Crippen molar-refractivity contribution >= 4 is 5.91 Å². The molecule has 3 fully saturated rings. The Kier molecular flexibility index (Phi) is 52.4. The van der Waals surface area contributed by atoms with E-state index in [2.05, 4.69) is 31.3 Å². The van der Waals surface area contributed by atoms with Gasteiger partial charge in [-0.2, -0.15) is 0 Å². The van der Waals surface area contributed by atoms with Crippen LogP contribution in [0.2, 0.25) is 0 Å². The van der Waals surface area contributed by atoms with Crippen LogP contribution in [0.4, 0.5) is 0 Å². The summed E-state index contributed by atoms with van der Waals surface area (Å²) in [4.78, 5) is 13.4. The molecule has 0 aromatic rings. The molecule has 3 rings (SSSR count). The van der Waals surface area contributed by atoms with Gasteiger partial charge in [0.05, 0.1) is 38.6 Å². The first kappa shape index (κ1) is 86.5. The molecule has 554 valence electrons. The van der Waals surface area contributed by atoms with E-state index in [1.165, 1.54) is 244 Å². The molecule has 94 heavy (non-hydrogen) atoms. The second-order valence-corrected chi connectivity index (χ2v) is 27.8. The summed E-state index contributed by atoms with van der Waals surface area (Å²) in [5, 5.41) is 121. The van der Waals surface area contributed by atoms with Gasteiger partial charge in [0.25, 0.3) is 0 Å². The van der Waals surface area contributed by atoms with Gasteiger partial charge in [0.15, 0.2) is 18.9 Å². The molecule has 12 N–H and O–H groups in total. The Hall–Kier alpha value is -1.73. The first-order chi connectivity index (χ1) is 45.8. The second kappa shape index (κ2) is 57.0. The molecule has 3 aliphatic rings. The van der Waals surface area contributed by atoms with Crippen LogP contribution in [0.5, 0.6) is 0 Å². The zero-order chi connectivity index (χ0) is 68.2. The molecule has 17 atom stereocenters. The lowest BCUT2D eigenvalue weighted by atomic mass is 9.96. The Morgan fingerprint density at radius 3 is 1.06 bits per heavy atom. The molecule has 3 heterocycles. The number of nitrogens with one attached hydrogen (secondary N) is 1. The normalized spacial score (nSPS) is 27.4. The van der Waals surface area contributed by atoms with Crippen LogP contribution in [-0.4, -0.2) is 193 Å². The summed E-state index contributed by atoms with van der Waals surface area (Å²) >= 11 is 0. The molecule has 0 spiro atoms.